The van der Waals surface area contributed by atoms with Gasteiger partial charge in [0, 0.05) is 17.6 Å². The van der Waals surface area contributed by atoms with Crippen molar-refractivity contribution in [1.29, 1.82) is 0 Å². The minimum Gasteiger partial charge on any atom is -0.352 e. The topological polar surface area (TPSA) is 86.8 Å². The molecule has 2 atom stereocenters. The standard InChI is InChI=1S/C29H33ClFN3O4S/c1-4-21(3)32-29(36)26(5-2)33(19-22-15-17-23(30)18-16-22)28(35)20-34(27-14-10-9-13-25(27)31)39(37,38)24-11-7-6-8-12-24/h6-18,21,26H,4-5,19-20H2,1-3H3,(H,32,36)/t21-,26-/m1/s1. The summed E-state index contributed by atoms with van der Waals surface area (Å²) in [4.78, 5) is 28.4. The van der Waals surface area contributed by atoms with E-state index in [4.69, 9.17) is 11.6 Å². The van der Waals surface area contributed by atoms with Gasteiger partial charge < -0.3 is 10.2 Å². The number of rotatable bonds is 12. The zero-order valence-electron chi connectivity index (χ0n) is 22.2. The van der Waals surface area contributed by atoms with Gasteiger partial charge in [-0.15, -0.1) is 0 Å². The largest absolute Gasteiger partial charge is 0.352 e. The fourth-order valence-corrected chi connectivity index (χ4v) is 5.60. The molecule has 10 heteroatoms. The Hall–Kier alpha value is -3.43. The van der Waals surface area contributed by atoms with Crippen molar-refractivity contribution in [3.05, 3.63) is 95.3 Å². The van der Waals surface area contributed by atoms with Crippen LogP contribution in [0.2, 0.25) is 5.02 Å². The molecule has 0 saturated heterocycles. The molecule has 3 rings (SSSR count). The molecule has 3 aromatic rings. The predicted molar refractivity (Wildman–Crippen MR) is 151 cm³/mol. The lowest BCUT2D eigenvalue weighted by Crippen LogP contribution is -2.53. The number of nitrogens with one attached hydrogen (secondary N) is 1. The molecule has 7 nitrogen and oxygen atoms in total. The van der Waals surface area contributed by atoms with Gasteiger partial charge in [-0.05, 0) is 61.7 Å². The Kier molecular flexibility index (Phi) is 10.5. The number of benzene rings is 3. The van der Waals surface area contributed by atoms with Crippen molar-refractivity contribution in [2.45, 2.75) is 57.1 Å². The van der Waals surface area contributed by atoms with E-state index in [-0.39, 0.29) is 35.5 Å². The van der Waals surface area contributed by atoms with Crippen molar-refractivity contribution in [2.24, 2.45) is 0 Å². The molecular weight excluding hydrogens is 541 g/mol. The Bertz CT molecular complexity index is 1370. The van der Waals surface area contributed by atoms with Crippen molar-refractivity contribution in [1.82, 2.24) is 10.2 Å². The molecule has 0 spiro atoms. The number of sulfonamides is 1. The molecule has 0 unspecified atom stereocenters. The van der Waals surface area contributed by atoms with Crippen molar-refractivity contribution in [2.75, 3.05) is 10.8 Å². The van der Waals surface area contributed by atoms with Gasteiger partial charge in [-0.2, -0.15) is 0 Å². The van der Waals surface area contributed by atoms with Crippen LogP contribution in [0.15, 0.2) is 83.8 Å². The number of carbonyl (C=O) groups is 2. The number of hydrogen-bond acceptors (Lipinski definition) is 4. The molecule has 0 heterocycles. The second-order valence-corrected chi connectivity index (χ2v) is 11.5. The molecule has 2 amide bonds. The van der Waals surface area contributed by atoms with Gasteiger partial charge in [-0.1, -0.05) is 67.9 Å². The summed E-state index contributed by atoms with van der Waals surface area (Å²) >= 11 is 6.03. The van der Waals surface area contributed by atoms with E-state index in [1.54, 1.807) is 49.4 Å². The minimum absolute atomic E-state index is 0.0267. The van der Waals surface area contributed by atoms with E-state index in [0.717, 1.165) is 10.4 Å². The van der Waals surface area contributed by atoms with Gasteiger partial charge in [0.25, 0.3) is 10.0 Å². The first-order valence-electron chi connectivity index (χ1n) is 12.7. The minimum atomic E-state index is -4.33. The van der Waals surface area contributed by atoms with Gasteiger partial charge >= 0.3 is 0 Å². The molecule has 0 bridgehead atoms. The normalized spacial score (nSPS) is 12.8. The Morgan fingerprint density at radius 3 is 2.13 bits per heavy atom. The van der Waals surface area contributed by atoms with Gasteiger partial charge in [-0.25, -0.2) is 12.8 Å². The van der Waals surface area contributed by atoms with Crippen molar-refractivity contribution >= 4 is 39.1 Å². The predicted octanol–water partition coefficient (Wildman–Crippen LogP) is 5.40. The average molecular weight is 574 g/mol. The third kappa shape index (κ3) is 7.58. The number of nitrogens with zero attached hydrogens (tertiary/aromatic N) is 2. The molecule has 0 aliphatic carbocycles. The van der Waals surface area contributed by atoms with Gasteiger partial charge in [0.2, 0.25) is 11.8 Å². The first-order valence-corrected chi connectivity index (χ1v) is 14.6. The third-order valence-corrected chi connectivity index (χ3v) is 8.41. The highest BCUT2D eigenvalue weighted by Crippen LogP contribution is 2.27. The molecule has 0 radical (unpaired) electrons. The monoisotopic (exact) mass is 573 g/mol. The summed E-state index contributed by atoms with van der Waals surface area (Å²) in [5.74, 6) is -1.80. The van der Waals surface area contributed by atoms with E-state index in [1.165, 1.54) is 35.2 Å². The molecule has 0 saturated carbocycles. The van der Waals surface area contributed by atoms with E-state index in [0.29, 0.717) is 17.0 Å². The van der Waals surface area contributed by atoms with Crippen LogP contribution < -0.4 is 9.62 Å². The summed E-state index contributed by atoms with van der Waals surface area (Å²) in [5.41, 5.74) is 0.434. The average Bonchev–Trinajstić information content (AvgIpc) is 2.93. The molecule has 1 N–H and O–H groups in total. The van der Waals surface area contributed by atoms with Crippen LogP contribution in [0.5, 0.6) is 0 Å². The summed E-state index contributed by atoms with van der Waals surface area (Å²) < 4.78 is 43.1. The van der Waals surface area contributed by atoms with E-state index in [1.807, 2.05) is 13.8 Å². The lowest BCUT2D eigenvalue weighted by molar-refractivity contribution is -0.140. The first kappa shape index (κ1) is 30.1. The molecule has 0 aromatic heterocycles. The van der Waals surface area contributed by atoms with Crippen LogP contribution in [0.3, 0.4) is 0 Å². The second-order valence-electron chi connectivity index (χ2n) is 9.17. The van der Waals surface area contributed by atoms with Gasteiger partial charge in [0.15, 0.2) is 0 Å². The third-order valence-electron chi connectivity index (χ3n) is 6.38. The lowest BCUT2D eigenvalue weighted by atomic mass is 10.1. The highest BCUT2D eigenvalue weighted by Gasteiger charge is 2.34. The van der Waals surface area contributed by atoms with Gasteiger partial charge in [0.1, 0.15) is 18.4 Å². The fraction of sp³-hybridized carbons (Fsp3) is 0.310. The second kappa shape index (κ2) is 13.6. The highest BCUT2D eigenvalue weighted by molar-refractivity contribution is 7.92. The summed E-state index contributed by atoms with van der Waals surface area (Å²) in [7, 11) is -4.33. The quantitative estimate of drug-likeness (QED) is 0.314. The highest BCUT2D eigenvalue weighted by atomic mass is 35.5. The number of hydrogen-bond donors (Lipinski definition) is 1. The molecule has 208 valence electrons. The molecular formula is C29H33ClFN3O4S. The number of amides is 2. The van der Waals surface area contributed by atoms with Crippen LogP contribution in [0.1, 0.15) is 39.2 Å². The maximum atomic E-state index is 14.9. The smallest absolute Gasteiger partial charge is 0.264 e. The molecule has 0 aliphatic heterocycles. The van der Waals surface area contributed by atoms with Gasteiger partial charge in [0.05, 0.1) is 10.6 Å². The van der Waals surface area contributed by atoms with Crippen molar-refractivity contribution in [3.63, 3.8) is 0 Å². The van der Waals surface area contributed by atoms with E-state index in [9.17, 15) is 22.4 Å². The van der Waals surface area contributed by atoms with Crippen LogP contribution in [0.25, 0.3) is 0 Å². The molecule has 3 aromatic carbocycles. The van der Waals surface area contributed by atoms with E-state index >= 15 is 0 Å². The first-order chi connectivity index (χ1) is 18.6. The lowest BCUT2D eigenvalue weighted by Gasteiger charge is -2.33. The maximum Gasteiger partial charge on any atom is 0.264 e. The zero-order chi connectivity index (χ0) is 28.6. The SMILES string of the molecule is CC[C@@H](C)NC(=O)[C@@H](CC)N(Cc1ccc(Cl)cc1)C(=O)CN(c1ccccc1F)S(=O)(=O)c1ccccc1. The number of carbonyl (C=O) groups excluding carboxylic acids is 2. The molecule has 0 fully saturated rings. The Morgan fingerprint density at radius 1 is 0.923 bits per heavy atom. The van der Waals surface area contributed by atoms with Crippen LogP contribution in [-0.4, -0.2) is 43.8 Å². The summed E-state index contributed by atoms with van der Waals surface area (Å²) in [5, 5.41) is 3.43. The van der Waals surface area contributed by atoms with Crippen molar-refractivity contribution < 1.29 is 22.4 Å². The van der Waals surface area contributed by atoms with Crippen LogP contribution in [-0.2, 0) is 26.2 Å². The maximum absolute atomic E-state index is 14.9. The van der Waals surface area contributed by atoms with Gasteiger partial charge in [-0.3, -0.25) is 13.9 Å². The van der Waals surface area contributed by atoms with E-state index < -0.39 is 34.3 Å². The Morgan fingerprint density at radius 2 is 1.54 bits per heavy atom. The Labute approximate surface area is 234 Å². The summed E-state index contributed by atoms with van der Waals surface area (Å²) in [6, 6.07) is 18.7. The van der Waals surface area contributed by atoms with Crippen LogP contribution >= 0.6 is 11.6 Å². The number of para-hydroxylation sites is 1. The summed E-state index contributed by atoms with van der Waals surface area (Å²) in [6.07, 6.45) is 0.983. The number of halogens is 2. The van der Waals surface area contributed by atoms with Crippen LogP contribution in [0, 0.1) is 5.82 Å². The van der Waals surface area contributed by atoms with Crippen molar-refractivity contribution in [3.8, 4) is 0 Å². The summed E-state index contributed by atoms with van der Waals surface area (Å²) in [6.45, 7) is 4.89. The van der Waals surface area contributed by atoms with E-state index in [2.05, 4.69) is 5.32 Å². The molecule has 0 aliphatic rings. The molecule has 39 heavy (non-hydrogen) atoms. The Balaban J connectivity index is 2.05. The van der Waals surface area contributed by atoms with Crippen LogP contribution in [0.4, 0.5) is 10.1 Å². The number of anilines is 1. The fourth-order valence-electron chi connectivity index (χ4n) is 4.03. The zero-order valence-corrected chi connectivity index (χ0v) is 23.8.